The van der Waals surface area contributed by atoms with E-state index >= 15 is 0 Å². The molecule has 0 aliphatic heterocycles. The second-order valence-electron chi connectivity index (χ2n) is 5.32. The lowest BCUT2D eigenvalue weighted by molar-refractivity contribution is 0.232. The van der Waals surface area contributed by atoms with Crippen LogP contribution in [-0.4, -0.2) is 26.7 Å². The SMILES string of the molecule is CCC(N=C=O)C1CCC(n2c(=O)[nH]c(=O)[nH]c2=O)CC1. The Bertz CT molecular complexity index is 668. The maximum Gasteiger partial charge on any atom is 0.333 e. The first-order chi connectivity index (χ1) is 10.1. The van der Waals surface area contributed by atoms with Gasteiger partial charge in [-0.1, -0.05) is 6.92 Å². The van der Waals surface area contributed by atoms with Crippen molar-refractivity contribution in [3.8, 4) is 0 Å². The Kier molecular flexibility index (Phi) is 4.70. The Balaban J connectivity index is 2.15. The summed E-state index contributed by atoms with van der Waals surface area (Å²) in [7, 11) is 0. The van der Waals surface area contributed by atoms with Gasteiger partial charge in [-0.2, -0.15) is 0 Å². The molecule has 2 N–H and O–H groups in total. The van der Waals surface area contributed by atoms with Crippen LogP contribution in [0.5, 0.6) is 0 Å². The van der Waals surface area contributed by atoms with Crippen LogP contribution in [-0.2, 0) is 4.79 Å². The van der Waals surface area contributed by atoms with Crippen LogP contribution in [0.3, 0.4) is 0 Å². The molecule has 8 nitrogen and oxygen atoms in total. The van der Waals surface area contributed by atoms with E-state index in [0.29, 0.717) is 12.8 Å². The molecule has 0 bridgehead atoms. The number of hydrogen-bond acceptors (Lipinski definition) is 5. The Labute approximate surface area is 119 Å². The van der Waals surface area contributed by atoms with Gasteiger partial charge in [-0.05, 0) is 38.0 Å². The summed E-state index contributed by atoms with van der Waals surface area (Å²) in [6, 6.07) is -0.277. The van der Waals surface area contributed by atoms with Crippen molar-refractivity contribution < 1.29 is 4.79 Å². The van der Waals surface area contributed by atoms with E-state index in [1.807, 2.05) is 6.92 Å². The quantitative estimate of drug-likeness (QED) is 0.603. The third-order valence-electron chi connectivity index (χ3n) is 4.17. The van der Waals surface area contributed by atoms with Gasteiger partial charge < -0.3 is 0 Å². The molecule has 0 amide bonds. The van der Waals surface area contributed by atoms with Crippen molar-refractivity contribution >= 4 is 6.08 Å². The summed E-state index contributed by atoms with van der Waals surface area (Å²) in [6.07, 6.45) is 5.22. The van der Waals surface area contributed by atoms with E-state index in [0.717, 1.165) is 23.8 Å². The van der Waals surface area contributed by atoms with Gasteiger partial charge in [0.05, 0.1) is 6.04 Å². The molecular weight excluding hydrogens is 276 g/mol. The van der Waals surface area contributed by atoms with Crippen LogP contribution in [0.1, 0.15) is 45.1 Å². The van der Waals surface area contributed by atoms with Gasteiger partial charge in [0.25, 0.3) is 0 Å². The average molecular weight is 294 g/mol. The maximum atomic E-state index is 11.8. The minimum absolute atomic E-state index is 0.0472. The third kappa shape index (κ3) is 3.28. The molecular formula is C13H18N4O4. The summed E-state index contributed by atoms with van der Waals surface area (Å²) in [4.78, 5) is 52.9. The number of aromatic nitrogens is 3. The highest BCUT2D eigenvalue weighted by Crippen LogP contribution is 2.34. The lowest BCUT2D eigenvalue weighted by atomic mass is 9.81. The van der Waals surface area contributed by atoms with Crippen molar-refractivity contribution in [1.29, 1.82) is 0 Å². The number of rotatable bonds is 4. The van der Waals surface area contributed by atoms with Crippen molar-refractivity contribution in [3.05, 3.63) is 31.5 Å². The van der Waals surface area contributed by atoms with Crippen LogP contribution < -0.4 is 17.1 Å². The molecule has 1 aliphatic rings. The number of aliphatic imine (C=N–C) groups is 1. The number of nitrogens with one attached hydrogen (secondary N) is 2. The molecule has 1 unspecified atom stereocenters. The van der Waals surface area contributed by atoms with Gasteiger partial charge >= 0.3 is 17.1 Å². The van der Waals surface area contributed by atoms with Crippen LogP contribution in [0.2, 0.25) is 0 Å². The largest absolute Gasteiger partial charge is 0.333 e. The summed E-state index contributed by atoms with van der Waals surface area (Å²) in [5.74, 6) is 0.269. The maximum absolute atomic E-state index is 11.8. The lowest BCUT2D eigenvalue weighted by Gasteiger charge is -2.31. The van der Waals surface area contributed by atoms with Crippen LogP contribution in [0, 0.1) is 5.92 Å². The highest BCUT2D eigenvalue weighted by molar-refractivity contribution is 5.33. The number of aromatic amines is 2. The predicted octanol–water partition coefficient (Wildman–Crippen LogP) is 0.0706. The fraction of sp³-hybridized carbons (Fsp3) is 0.692. The molecule has 0 spiro atoms. The third-order valence-corrected chi connectivity index (χ3v) is 4.17. The first kappa shape index (κ1) is 15.2. The Morgan fingerprint density at radius 2 is 1.76 bits per heavy atom. The molecule has 21 heavy (non-hydrogen) atoms. The molecule has 0 saturated heterocycles. The van der Waals surface area contributed by atoms with E-state index in [1.54, 1.807) is 6.08 Å². The molecule has 1 aromatic rings. The minimum atomic E-state index is -0.790. The number of carbonyl (C=O) groups excluding carboxylic acids is 1. The molecule has 1 aromatic heterocycles. The van der Waals surface area contributed by atoms with E-state index in [-0.39, 0.29) is 18.0 Å². The number of hydrogen-bond donors (Lipinski definition) is 2. The van der Waals surface area contributed by atoms with Crippen molar-refractivity contribution in [2.75, 3.05) is 0 Å². The molecule has 0 radical (unpaired) electrons. The van der Waals surface area contributed by atoms with Crippen LogP contribution in [0.4, 0.5) is 0 Å². The zero-order valence-corrected chi connectivity index (χ0v) is 11.8. The summed E-state index contributed by atoms with van der Waals surface area (Å²) >= 11 is 0. The first-order valence-corrected chi connectivity index (χ1v) is 7.09. The summed E-state index contributed by atoms with van der Waals surface area (Å²) in [6.45, 7) is 1.97. The van der Waals surface area contributed by atoms with Gasteiger partial charge in [-0.15, -0.1) is 0 Å². The number of isocyanates is 1. The lowest BCUT2D eigenvalue weighted by Crippen LogP contribution is -2.46. The average Bonchev–Trinajstić information content (AvgIpc) is 2.44. The van der Waals surface area contributed by atoms with E-state index in [9.17, 15) is 19.2 Å². The molecule has 1 aliphatic carbocycles. The summed E-state index contributed by atoms with van der Waals surface area (Å²) in [5.41, 5.74) is -2.14. The van der Waals surface area contributed by atoms with Crippen molar-refractivity contribution in [3.63, 3.8) is 0 Å². The Morgan fingerprint density at radius 3 is 2.24 bits per heavy atom. The number of H-pyrrole nitrogens is 2. The van der Waals surface area contributed by atoms with Gasteiger partial charge in [0, 0.05) is 6.04 Å². The second-order valence-corrected chi connectivity index (χ2v) is 5.32. The normalized spacial score (nSPS) is 23.3. The van der Waals surface area contributed by atoms with Crippen molar-refractivity contribution in [1.82, 2.24) is 14.5 Å². The monoisotopic (exact) mass is 294 g/mol. The zero-order chi connectivity index (χ0) is 15.4. The van der Waals surface area contributed by atoms with Gasteiger partial charge in [0.15, 0.2) is 0 Å². The topological polar surface area (TPSA) is 117 Å². The zero-order valence-electron chi connectivity index (χ0n) is 11.8. The van der Waals surface area contributed by atoms with Crippen LogP contribution in [0.25, 0.3) is 0 Å². The molecule has 1 saturated carbocycles. The minimum Gasteiger partial charge on any atom is -0.259 e. The van der Waals surface area contributed by atoms with E-state index in [1.165, 1.54) is 0 Å². The van der Waals surface area contributed by atoms with Gasteiger partial charge in [0.2, 0.25) is 6.08 Å². The highest BCUT2D eigenvalue weighted by atomic mass is 16.2. The van der Waals surface area contributed by atoms with Crippen molar-refractivity contribution in [2.24, 2.45) is 10.9 Å². The molecule has 114 valence electrons. The molecule has 0 aromatic carbocycles. The summed E-state index contributed by atoms with van der Waals surface area (Å²) in [5, 5.41) is 0. The Morgan fingerprint density at radius 1 is 1.19 bits per heavy atom. The smallest absolute Gasteiger partial charge is 0.259 e. The highest BCUT2D eigenvalue weighted by Gasteiger charge is 2.28. The van der Waals surface area contributed by atoms with Crippen LogP contribution in [0.15, 0.2) is 19.4 Å². The first-order valence-electron chi connectivity index (χ1n) is 7.09. The molecule has 1 fully saturated rings. The predicted molar refractivity (Wildman–Crippen MR) is 75.1 cm³/mol. The summed E-state index contributed by atoms with van der Waals surface area (Å²) < 4.78 is 1.07. The fourth-order valence-corrected chi connectivity index (χ4v) is 3.11. The van der Waals surface area contributed by atoms with E-state index in [2.05, 4.69) is 15.0 Å². The molecule has 1 heterocycles. The molecule has 2 rings (SSSR count). The van der Waals surface area contributed by atoms with Crippen LogP contribution >= 0.6 is 0 Å². The van der Waals surface area contributed by atoms with Gasteiger partial charge in [-0.25, -0.2) is 28.7 Å². The standard InChI is InChI=1S/C13H18N4O4/c1-2-10(14-7-18)8-3-5-9(6-4-8)17-12(20)15-11(19)16-13(17)21/h8-10H,2-6H2,1H3,(H2,15,16,19,20,21). The fourth-order valence-electron chi connectivity index (χ4n) is 3.11. The molecule has 8 heteroatoms. The number of nitrogens with zero attached hydrogens (tertiary/aromatic N) is 2. The Hall–Kier alpha value is -2.21. The van der Waals surface area contributed by atoms with E-state index < -0.39 is 17.1 Å². The second kappa shape index (κ2) is 6.49. The van der Waals surface area contributed by atoms with Gasteiger partial charge in [-0.3, -0.25) is 9.97 Å². The van der Waals surface area contributed by atoms with Crippen molar-refractivity contribution in [2.45, 2.75) is 51.1 Å². The molecule has 1 atom stereocenters. The van der Waals surface area contributed by atoms with Gasteiger partial charge in [0.1, 0.15) is 0 Å². The van der Waals surface area contributed by atoms with E-state index in [4.69, 9.17) is 0 Å².